The molecule has 0 spiro atoms. The fourth-order valence-electron chi connectivity index (χ4n) is 0.979. The Morgan fingerprint density at radius 1 is 1.67 bits per heavy atom. The number of carbonyl (C=O) groups excluding carboxylic acids is 1. The van der Waals surface area contributed by atoms with Crippen molar-refractivity contribution in [3.8, 4) is 0 Å². The third-order valence-corrected chi connectivity index (χ3v) is 2.60. The monoisotopic (exact) mass is 247 g/mol. The van der Waals surface area contributed by atoms with Crippen molar-refractivity contribution in [1.82, 2.24) is 15.1 Å². The minimum atomic E-state index is -0.298. The van der Waals surface area contributed by atoms with Gasteiger partial charge in [-0.05, 0) is 11.6 Å². The van der Waals surface area contributed by atoms with Crippen LogP contribution in [0.5, 0.6) is 0 Å². The molecule has 0 aliphatic carbocycles. The van der Waals surface area contributed by atoms with E-state index in [4.69, 9.17) is 16.7 Å². The Morgan fingerprint density at radius 3 is 2.87 bits per heavy atom. The highest BCUT2D eigenvalue weighted by molar-refractivity contribution is 7.17. The van der Waals surface area contributed by atoms with Crippen LogP contribution in [0.15, 0.2) is 12.7 Å². The zero-order valence-corrected chi connectivity index (χ0v) is 9.46. The molecule has 82 valence electrons. The molecule has 0 aliphatic rings. The van der Waals surface area contributed by atoms with E-state index in [1.165, 1.54) is 4.90 Å². The van der Waals surface area contributed by atoms with Crippen LogP contribution in [0, 0.1) is 0 Å². The molecule has 5 nitrogen and oxygen atoms in total. The van der Waals surface area contributed by atoms with Crippen LogP contribution >= 0.6 is 22.9 Å². The van der Waals surface area contributed by atoms with Crippen LogP contribution in [0.2, 0.25) is 4.47 Å². The first-order valence-electron chi connectivity index (χ1n) is 4.19. The molecule has 0 aliphatic heterocycles. The van der Waals surface area contributed by atoms with E-state index >= 15 is 0 Å². The van der Waals surface area contributed by atoms with Gasteiger partial charge >= 0.3 is 0 Å². The molecular formula is C8H10ClN3O2S. The summed E-state index contributed by atoms with van der Waals surface area (Å²) in [6, 6.07) is 0. The summed E-state index contributed by atoms with van der Waals surface area (Å²) >= 11 is 6.58. The molecule has 1 N–H and O–H groups in total. The van der Waals surface area contributed by atoms with Crippen molar-refractivity contribution in [3.05, 3.63) is 22.1 Å². The van der Waals surface area contributed by atoms with E-state index < -0.39 is 0 Å². The molecule has 0 radical (unpaired) electrons. The molecule has 0 bridgehead atoms. The zero-order valence-electron chi connectivity index (χ0n) is 7.89. The van der Waals surface area contributed by atoms with Gasteiger partial charge in [-0.3, -0.25) is 4.79 Å². The molecule has 1 rings (SSSR count). The third-order valence-electron chi connectivity index (χ3n) is 1.59. The molecule has 1 heterocycles. The number of halogens is 1. The Kier molecular flexibility index (Phi) is 4.67. The maximum Gasteiger partial charge on any atom is 0.285 e. The van der Waals surface area contributed by atoms with Gasteiger partial charge in [-0.25, -0.2) is 0 Å². The topological polar surface area (TPSA) is 66.3 Å². The first-order chi connectivity index (χ1) is 7.19. The summed E-state index contributed by atoms with van der Waals surface area (Å²) in [5.74, 6) is -0.298. The largest absolute Gasteiger partial charge is 0.395 e. The summed E-state index contributed by atoms with van der Waals surface area (Å²) in [5, 5.41) is 16.2. The van der Waals surface area contributed by atoms with Crippen molar-refractivity contribution in [2.45, 2.75) is 0 Å². The lowest BCUT2D eigenvalue weighted by atomic mass is 10.4. The highest BCUT2D eigenvalue weighted by Crippen LogP contribution is 2.16. The lowest BCUT2D eigenvalue weighted by Gasteiger charge is -2.17. The van der Waals surface area contributed by atoms with Crippen molar-refractivity contribution >= 4 is 28.8 Å². The lowest BCUT2D eigenvalue weighted by Crippen LogP contribution is -2.33. The quantitative estimate of drug-likeness (QED) is 0.782. The first kappa shape index (κ1) is 12.1. The molecular weight excluding hydrogens is 238 g/mol. The third kappa shape index (κ3) is 3.26. The van der Waals surface area contributed by atoms with Gasteiger partial charge in [0.15, 0.2) is 0 Å². The maximum absolute atomic E-state index is 11.8. The molecule has 0 saturated heterocycles. The number of amides is 1. The Hall–Kier alpha value is -0.980. The van der Waals surface area contributed by atoms with E-state index in [0.717, 1.165) is 11.3 Å². The van der Waals surface area contributed by atoms with Crippen molar-refractivity contribution in [2.24, 2.45) is 0 Å². The van der Waals surface area contributed by atoms with E-state index in [0.29, 0.717) is 6.54 Å². The number of rotatable bonds is 5. The van der Waals surface area contributed by atoms with Crippen molar-refractivity contribution in [1.29, 1.82) is 0 Å². The van der Waals surface area contributed by atoms with Gasteiger partial charge in [-0.1, -0.05) is 17.4 Å². The second kappa shape index (κ2) is 5.79. The Labute approximate surface area is 96.0 Å². The summed E-state index contributed by atoms with van der Waals surface area (Å²) in [5.41, 5.74) is 0. The van der Waals surface area contributed by atoms with Crippen molar-refractivity contribution in [2.75, 3.05) is 19.7 Å². The fourth-order valence-corrected chi connectivity index (χ4v) is 1.78. The number of aliphatic hydroxyl groups excluding tert-OH is 1. The average molecular weight is 248 g/mol. The Balaban J connectivity index is 2.75. The van der Waals surface area contributed by atoms with Gasteiger partial charge in [0.05, 0.1) is 6.61 Å². The van der Waals surface area contributed by atoms with Gasteiger partial charge in [0.1, 0.15) is 0 Å². The van der Waals surface area contributed by atoms with Crippen molar-refractivity contribution in [3.63, 3.8) is 0 Å². The molecule has 1 amide bonds. The number of nitrogens with zero attached hydrogens (tertiary/aromatic N) is 3. The highest BCUT2D eigenvalue weighted by atomic mass is 35.5. The molecule has 0 fully saturated rings. The van der Waals surface area contributed by atoms with Crippen LogP contribution < -0.4 is 0 Å². The van der Waals surface area contributed by atoms with E-state index in [-0.39, 0.29) is 28.5 Å². The summed E-state index contributed by atoms with van der Waals surface area (Å²) < 4.78 is 0.223. The Morgan fingerprint density at radius 2 is 2.40 bits per heavy atom. The van der Waals surface area contributed by atoms with Gasteiger partial charge in [-0.2, -0.15) is 0 Å². The maximum atomic E-state index is 11.8. The number of aliphatic hydroxyl groups is 1. The summed E-state index contributed by atoms with van der Waals surface area (Å²) in [6.45, 7) is 4.02. The molecule has 0 atom stereocenters. The van der Waals surface area contributed by atoms with Crippen LogP contribution in [0.3, 0.4) is 0 Å². The minimum absolute atomic E-state index is 0.105. The van der Waals surface area contributed by atoms with Crippen LogP contribution in [0.25, 0.3) is 0 Å². The molecule has 0 aromatic carbocycles. The number of hydrogen-bond donors (Lipinski definition) is 1. The zero-order chi connectivity index (χ0) is 11.3. The van der Waals surface area contributed by atoms with E-state index in [1.807, 2.05) is 0 Å². The van der Waals surface area contributed by atoms with Gasteiger partial charge in [0.2, 0.25) is 9.47 Å². The minimum Gasteiger partial charge on any atom is -0.395 e. The smallest absolute Gasteiger partial charge is 0.285 e. The first-order valence-corrected chi connectivity index (χ1v) is 5.38. The SMILES string of the molecule is C=CCN(CCO)C(=O)c1nnc(Cl)s1. The molecule has 15 heavy (non-hydrogen) atoms. The van der Waals surface area contributed by atoms with Gasteiger partial charge in [0, 0.05) is 13.1 Å². The predicted octanol–water partition coefficient (Wildman–Crippen LogP) is 0.812. The van der Waals surface area contributed by atoms with Crippen LogP contribution in [0.4, 0.5) is 0 Å². The normalized spacial score (nSPS) is 10.0. The van der Waals surface area contributed by atoms with Gasteiger partial charge < -0.3 is 10.0 Å². The van der Waals surface area contributed by atoms with Crippen LogP contribution in [0.1, 0.15) is 9.80 Å². The summed E-state index contributed by atoms with van der Waals surface area (Å²) in [6.07, 6.45) is 1.58. The molecule has 1 aromatic rings. The van der Waals surface area contributed by atoms with E-state index in [1.54, 1.807) is 6.08 Å². The molecule has 1 aromatic heterocycles. The number of hydrogen-bond acceptors (Lipinski definition) is 5. The Bertz CT molecular complexity index is 355. The van der Waals surface area contributed by atoms with Crippen LogP contribution in [-0.2, 0) is 0 Å². The molecule has 0 saturated carbocycles. The summed E-state index contributed by atoms with van der Waals surface area (Å²) in [7, 11) is 0. The standard InChI is InChI=1S/C8H10ClN3O2S/c1-2-3-12(4-5-13)7(14)6-10-11-8(9)15-6/h2,13H,1,3-5H2. The van der Waals surface area contributed by atoms with Crippen LogP contribution in [-0.4, -0.2) is 45.8 Å². The summed E-state index contributed by atoms with van der Waals surface area (Å²) in [4.78, 5) is 13.2. The number of carbonyl (C=O) groups is 1. The average Bonchev–Trinajstić information content (AvgIpc) is 2.63. The number of aromatic nitrogens is 2. The second-order valence-corrected chi connectivity index (χ2v) is 4.18. The highest BCUT2D eigenvalue weighted by Gasteiger charge is 2.18. The second-order valence-electron chi connectivity index (χ2n) is 2.62. The van der Waals surface area contributed by atoms with E-state index in [9.17, 15) is 4.79 Å². The van der Waals surface area contributed by atoms with Gasteiger partial charge in [-0.15, -0.1) is 16.8 Å². The van der Waals surface area contributed by atoms with Gasteiger partial charge in [0.25, 0.3) is 5.91 Å². The molecule has 7 heteroatoms. The lowest BCUT2D eigenvalue weighted by molar-refractivity contribution is 0.0741. The fraction of sp³-hybridized carbons (Fsp3) is 0.375. The van der Waals surface area contributed by atoms with Crippen molar-refractivity contribution < 1.29 is 9.90 Å². The predicted molar refractivity (Wildman–Crippen MR) is 58.1 cm³/mol. The molecule has 0 unspecified atom stereocenters. The van der Waals surface area contributed by atoms with E-state index in [2.05, 4.69) is 16.8 Å².